The molecule has 0 aliphatic carbocycles. The summed E-state index contributed by atoms with van der Waals surface area (Å²) in [5, 5.41) is 8.55. The third-order valence-electron chi connectivity index (χ3n) is 2.50. The number of nitrogens with zero attached hydrogens (tertiary/aromatic N) is 1. The van der Waals surface area contributed by atoms with E-state index in [1.807, 2.05) is 0 Å². The molecule has 1 amide bonds. The van der Waals surface area contributed by atoms with Crippen molar-refractivity contribution in [3.8, 4) is 11.8 Å². The van der Waals surface area contributed by atoms with E-state index < -0.39 is 5.82 Å². The lowest BCUT2D eigenvalue weighted by Crippen LogP contribution is -2.30. The van der Waals surface area contributed by atoms with E-state index in [-0.39, 0.29) is 23.6 Å². The van der Waals surface area contributed by atoms with Crippen molar-refractivity contribution in [1.29, 1.82) is 0 Å². The molecule has 0 aliphatic rings. The highest BCUT2D eigenvalue weighted by molar-refractivity contribution is 5.94. The maximum atomic E-state index is 13.7. The summed E-state index contributed by atoms with van der Waals surface area (Å²) in [6.07, 6.45) is 0. The predicted octanol–water partition coefficient (Wildman–Crippen LogP) is 0.888. The van der Waals surface area contributed by atoms with Gasteiger partial charge in [0.25, 0.3) is 5.91 Å². The number of halogens is 1. The monoisotopic (exact) mass is 265 g/mol. The molecule has 0 saturated heterocycles. The predicted molar refractivity (Wildman–Crippen MR) is 69.2 cm³/mol. The molecule has 19 heavy (non-hydrogen) atoms. The van der Waals surface area contributed by atoms with Gasteiger partial charge in [-0.05, 0) is 18.2 Å². The summed E-state index contributed by atoms with van der Waals surface area (Å²) in [6, 6.07) is 4.08. The minimum Gasteiger partial charge on any atom is -0.384 e. The van der Waals surface area contributed by atoms with Crippen LogP contribution >= 0.6 is 0 Å². The van der Waals surface area contributed by atoms with Crippen molar-refractivity contribution < 1.29 is 19.0 Å². The summed E-state index contributed by atoms with van der Waals surface area (Å²) < 4.78 is 18.5. The molecular formula is C14H16FNO3. The molecule has 1 rings (SSSR count). The average molecular weight is 265 g/mol. The Kier molecular flexibility index (Phi) is 6.00. The molecule has 0 unspecified atom stereocenters. The zero-order valence-electron chi connectivity index (χ0n) is 10.9. The highest BCUT2D eigenvalue weighted by Gasteiger charge is 2.13. The fourth-order valence-corrected chi connectivity index (χ4v) is 1.43. The number of benzene rings is 1. The molecule has 0 bridgehead atoms. The summed E-state index contributed by atoms with van der Waals surface area (Å²) in [7, 11) is 3.17. The molecule has 5 heteroatoms. The Labute approximate surface area is 111 Å². The van der Waals surface area contributed by atoms with Gasteiger partial charge in [0.1, 0.15) is 12.4 Å². The van der Waals surface area contributed by atoms with Crippen LogP contribution in [0.15, 0.2) is 18.2 Å². The first kappa shape index (κ1) is 15.2. The van der Waals surface area contributed by atoms with Crippen LogP contribution in [-0.4, -0.2) is 49.8 Å². The van der Waals surface area contributed by atoms with Crippen molar-refractivity contribution in [2.75, 3.05) is 33.9 Å². The van der Waals surface area contributed by atoms with Crippen LogP contribution < -0.4 is 0 Å². The smallest absolute Gasteiger partial charge is 0.253 e. The topological polar surface area (TPSA) is 49.8 Å². The van der Waals surface area contributed by atoms with Crippen LogP contribution in [0.25, 0.3) is 0 Å². The number of amides is 1. The van der Waals surface area contributed by atoms with E-state index in [0.717, 1.165) is 6.07 Å². The first-order valence-electron chi connectivity index (χ1n) is 5.73. The van der Waals surface area contributed by atoms with Gasteiger partial charge in [0.15, 0.2) is 0 Å². The van der Waals surface area contributed by atoms with Crippen molar-refractivity contribution in [2.24, 2.45) is 0 Å². The number of methoxy groups -OCH3 is 1. The van der Waals surface area contributed by atoms with Gasteiger partial charge in [-0.15, -0.1) is 0 Å². The summed E-state index contributed by atoms with van der Waals surface area (Å²) >= 11 is 0. The lowest BCUT2D eigenvalue weighted by molar-refractivity contribution is 0.0744. The quantitative estimate of drug-likeness (QED) is 0.822. The summed E-state index contributed by atoms with van der Waals surface area (Å²) in [5.41, 5.74) is 0.413. The Morgan fingerprint density at radius 3 is 2.84 bits per heavy atom. The Bertz CT molecular complexity index is 505. The third kappa shape index (κ3) is 4.36. The van der Waals surface area contributed by atoms with Crippen molar-refractivity contribution >= 4 is 5.91 Å². The average Bonchev–Trinajstić information content (AvgIpc) is 2.42. The van der Waals surface area contributed by atoms with Gasteiger partial charge in [-0.3, -0.25) is 4.79 Å². The molecule has 1 N–H and O–H groups in total. The van der Waals surface area contributed by atoms with Gasteiger partial charge in [-0.25, -0.2) is 4.39 Å². The van der Waals surface area contributed by atoms with Gasteiger partial charge in [0.2, 0.25) is 0 Å². The Balaban J connectivity index is 2.85. The Morgan fingerprint density at radius 2 is 2.26 bits per heavy atom. The van der Waals surface area contributed by atoms with E-state index in [1.54, 1.807) is 14.2 Å². The SMILES string of the molecule is COCCN(C)C(=O)c1ccc(C#CCO)c(F)c1. The molecule has 0 fully saturated rings. The van der Waals surface area contributed by atoms with Gasteiger partial charge in [-0.2, -0.15) is 0 Å². The maximum absolute atomic E-state index is 13.7. The summed E-state index contributed by atoms with van der Waals surface area (Å²) in [6.45, 7) is 0.522. The molecule has 0 spiro atoms. The van der Waals surface area contributed by atoms with Crippen LogP contribution in [0.4, 0.5) is 4.39 Å². The van der Waals surface area contributed by atoms with Crippen LogP contribution in [0.2, 0.25) is 0 Å². The number of carbonyl (C=O) groups is 1. The fraction of sp³-hybridized carbons (Fsp3) is 0.357. The van der Waals surface area contributed by atoms with E-state index >= 15 is 0 Å². The number of likely N-dealkylation sites (N-methyl/N-ethyl adjacent to an activating group) is 1. The molecule has 0 atom stereocenters. The number of hydrogen-bond acceptors (Lipinski definition) is 3. The Morgan fingerprint density at radius 1 is 1.53 bits per heavy atom. The van der Waals surface area contributed by atoms with E-state index in [1.165, 1.54) is 17.0 Å². The number of aliphatic hydroxyl groups excluding tert-OH is 1. The standard InChI is InChI=1S/C14H16FNO3/c1-16(7-9-19-2)14(18)12-6-5-11(4-3-8-17)13(15)10-12/h5-6,10,17H,7-9H2,1-2H3. The van der Waals surface area contributed by atoms with Gasteiger partial charge in [-0.1, -0.05) is 11.8 Å². The minimum absolute atomic E-state index is 0.158. The second-order valence-electron chi connectivity index (χ2n) is 3.87. The first-order chi connectivity index (χ1) is 9.10. The van der Waals surface area contributed by atoms with E-state index in [9.17, 15) is 9.18 Å². The van der Waals surface area contributed by atoms with Crippen LogP contribution in [0.3, 0.4) is 0 Å². The van der Waals surface area contributed by atoms with E-state index in [4.69, 9.17) is 9.84 Å². The molecule has 1 aromatic carbocycles. The second kappa shape index (κ2) is 7.52. The molecule has 0 aliphatic heterocycles. The highest BCUT2D eigenvalue weighted by atomic mass is 19.1. The molecular weight excluding hydrogens is 249 g/mol. The number of ether oxygens (including phenoxy) is 1. The van der Waals surface area contributed by atoms with Crippen LogP contribution in [0, 0.1) is 17.7 Å². The molecule has 0 radical (unpaired) electrons. The third-order valence-corrected chi connectivity index (χ3v) is 2.50. The number of aliphatic hydroxyl groups is 1. The molecule has 0 saturated carbocycles. The van der Waals surface area contributed by atoms with Crippen LogP contribution in [0.1, 0.15) is 15.9 Å². The van der Waals surface area contributed by atoms with Gasteiger partial charge in [0, 0.05) is 26.3 Å². The van der Waals surface area contributed by atoms with Gasteiger partial charge in [0.05, 0.1) is 12.2 Å². The molecule has 0 aromatic heterocycles. The van der Waals surface area contributed by atoms with Crippen LogP contribution in [-0.2, 0) is 4.74 Å². The van der Waals surface area contributed by atoms with E-state index in [0.29, 0.717) is 13.2 Å². The zero-order chi connectivity index (χ0) is 14.3. The van der Waals surface area contributed by atoms with Crippen molar-refractivity contribution in [3.63, 3.8) is 0 Å². The van der Waals surface area contributed by atoms with Crippen LogP contribution in [0.5, 0.6) is 0 Å². The van der Waals surface area contributed by atoms with Gasteiger partial charge < -0.3 is 14.7 Å². The normalized spacial score (nSPS) is 9.68. The lowest BCUT2D eigenvalue weighted by Gasteiger charge is -2.16. The Hall–Kier alpha value is -1.90. The van der Waals surface area contributed by atoms with Gasteiger partial charge >= 0.3 is 0 Å². The molecule has 1 aromatic rings. The maximum Gasteiger partial charge on any atom is 0.253 e. The number of carbonyl (C=O) groups excluding carboxylic acids is 1. The number of rotatable bonds is 4. The van der Waals surface area contributed by atoms with E-state index in [2.05, 4.69) is 11.8 Å². The minimum atomic E-state index is -0.577. The second-order valence-corrected chi connectivity index (χ2v) is 3.87. The summed E-state index contributed by atoms with van der Waals surface area (Å²) in [4.78, 5) is 13.4. The van der Waals surface area contributed by atoms with Crippen molar-refractivity contribution in [2.45, 2.75) is 0 Å². The number of hydrogen-bond donors (Lipinski definition) is 1. The molecule has 102 valence electrons. The largest absolute Gasteiger partial charge is 0.384 e. The van der Waals surface area contributed by atoms with Crippen molar-refractivity contribution in [1.82, 2.24) is 4.90 Å². The zero-order valence-corrected chi connectivity index (χ0v) is 10.9. The summed E-state index contributed by atoms with van der Waals surface area (Å²) in [5.74, 6) is 3.97. The first-order valence-corrected chi connectivity index (χ1v) is 5.73. The molecule has 0 heterocycles. The highest BCUT2D eigenvalue weighted by Crippen LogP contribution is 2.11. The lowest BCUT2D eigenvalue weighted by atomic mass is 10.1. The van der Waals surface area contributed by atoms with Crippen molar-refractivity contribution in [3.05, 3.63) is 35.1 Å². The fourth-order valence-electron chi connectivity index (χ4n) is 1.43. The molecule has 4 nitrogen and oxygen atoms in total.